The molecule has 0 spiro atoms. The van der Waals surface area contributed by atoms with Crippen molar-refractivity contribution in [2.75, 3.05) is 33.2 Å². The summed E-state index contributed by atoms with van der Waals surface area (Å²) in [6, 6.07) is 20.4. The van der Waals surface area contributed by atoms with E-state index in [1.165, 1.54) is 5.56 Å². The van der Waals surface area contributed by atoms with Crippen LogP contribution in [0.15, 0.2) is 60.7 Å². The van der Waals surface area contributed by atoms with Gasteiger partial charge in [0.25, 0.3) is 0 Å². The molecule has 1 N–H and O–H groups in total. The highest BCUT2D eigenvalue weighted by Crippen LogP contribution is 2.34. The van der Waals surface area contributed by atoms with E-state index in [0.717, 1.165) is 31.7 Å². The summed E-state index contributed by atoms with van der Waals surface area (Å²) in [7, 11) is 2.16. The lowest BCUT2D eigenvalue weighted by Crippen LogP contribution is -2.47. The van der Waals surface area contributed by atoms with E-state index in [0.29, 0.717) is 0 Å². The van der Waals surface area contributed by atoms with Gasteiger partial charge in [0, 0.05) is 26.2 Å². The zero-order chi connectivity index (χ0) is 15.4. The van der Waals surface area contributed by atoms with Crippen LogP contribution in [0.5, 0.6) is 0 Å². The molecule has 22 heavy (non-hydrogen) atoms. The second-order valence-electron chi connectivity index (χ2n) is 6.05. The maximum absolute atomic E-state index is 11.0. The number of rotatable bonds is 4. The Morgan fingerprint density at radius 1 is 0.773 bits per heavy atom. The van der Waals surface area contributed by atoms with Crippen LogP contribution in [-0.2, 0) is 0 Å². The van der Waals surface area contributed by atoms with Gasteiger partial charge in [-0.05, 0) is 18.2 Å². The Kier molecular flexibility index (Phi) is 4.88. The summed E-state index contributed by atoms with van der Waals surface area (Å²) >= 11 is 0. The third-order valence-electron chi connectivity index (χ3n) is 4.51. The molecule has 2 unspecified atom stereocenters. The number of piperazine rings is 1. The predicted octanol–water partition coefficient (Wildman–Crippen LogP) is 2.71. The van der Waals surface area contributed by atoms with E-state index < -0.39 is 6.10 Å². The first-order valence-corrected chi connectivity index (χ1v) is 7.96. The molecule has 1 heterocycles. The van der Waals surface area contributed by atoms with Crippen molar-refractivity contribution < 1.29 is 5.11 Å². The van der Waals surface area contributed by atoms with Crippen LogP contribution < -0.4 is 0 Å². The molecule has 1 fully saturated rings. The Bertz CT molecular complexity index is 565. The summed E-state index contributed by atoms with van der Waals surface area (Å²) in [5.41, 5.74) is 2.17. The van der Waals surface area contributed by atoms with E-state index in [9.17, 15) is 5.11 Å². The molecule has 3 rings (SSSR count). The van der Waals surface area contributed by atoms with Crippen LogP contribution in [-0.4, -0.2) is 48.1 Å². The lowest BCUT2D eigenvalue weighted by molar-refractivity contribution is 0.0214. The Morgan fingerprint density at radius 2 is 1.27 bits per heavy atom. The number of hydrogen-bond acceptors (Lipinski definition) is 3. The Labute approximate surface area is 132 Å². The topological polar surface area (TPSA) is 26.7 Å². The highest BCUT2D eigenvalue weighted by atomic mass is 16.3. The largest absolute Gasteiger partial charge is 0.386 e. The van der Waals surface area contributed by atoms with Crippen molar-refractivity contribution in [3.05, 3.63) is 71.8 Å². The van der Waals surface area contributed by atoms with Gasteiger partial charge in [0.05, 0.1) is 12.1 Å². The Balaban J connectivity index is 1.89. The van der Waals surface area contributed by atoms with Crippen LogP contribution in [0.1, 0.15) is 23.3 Å². The number of likely N-dealkylation sites (N-methyl/N-ethyl adjacent to an activating group) is 1. The molecular formula is C19H24N2O. The monoisotopic (exact) mass is 296 g/mol. The maximum Gasteiger partial charge on any atom is 0.0986 e. The van der Waals surface area contributed by atoms with E-state index in [2.05, 4.69) is 41.1 Å². The number of aliphatic hydroxyl groups excluding tert-OH is 1. The van der Waals surface area contributed by atoms with Crippen LogP contribution in [0.3, 0.4) is 0 Å². The number of aliphatic hydroxyl groups is 1. The third-order valence-corrected chi connectivity index (χ3v) is 4.51. The summed E-state index contributed by atoms with van der Waals surface area (Å²) in [4.78, 5) is 4.75. The average Bonchev–Trinajstić information content (AvgIpc) is 2.58. The third kappa shape index (κ3) is 3.38. The fraction of sp³-hybridized carbons (Fsp3) is 0.368. The molecule has 3 heteroatoms. The minimum absolute atomic E-state index is 0.0114. The van der Waals surface area contributed by atoms with Gasteiger partial charge in [-0.15, -0.1) is 0 Å². The molecule has 0 amide bonds. The number of benzene rings is 2. The van der Waals surface area contributed by atoms with Crippen LogP contribution in [0, 0.1) is 0 Å². The Hall–Kier alpha value is -1.68. The first-order chi connectivity index (χ1) is 10.8. The summed E-state index contributed by atoms with van der Waals surface area (Å²) in [5.74, 6) is 0. The van der Waals surface area contributed by atoms with Crippen molar-refractivity contribution in [1.29, 1.82) is 0 Å². The summed E-state index contributed by atoms with van der Waals surface area (Å²) < 4.78 is 0. The molecule has 3 nitrogen and oxygen atoms in total. The summed E-state index contributed by atoms with van der Waals surface area (Å²) in [6.45, 7) is 4.07. The molecule has 1 aliphatic rings. The van der Waals surface area contributed by atoms with Gasteiger partial charge in [0.2, 0.25) is 0 Å². The molecule has 1 saturated heterocycles. The van der Waals surface area contributed by atoms with Crippen molar-refractivity contribution in [3.8, 4) is 0 Å². The predicted molar refractivity (Wildman–Crippen MR) is 89.7 cm³/mol. The molecule has 2 aromatic carbocycles. The van der Waals surface area contributed by atoms with Crippen LogP contribution in [0.4, 0.5) is 0 Å². The molecule has 0 radical (unpaired) electrons. The van der Waals surface area contributed by atoms with E-state index >= 15 is 0 Å². The van der Waals surface area contributed by atoms with Crippen molar-refractivity contribution in [3.63, 3.8) is 0 Å². The van der Waals surface area contributed by atoms with Gasteiger partial charge in [-0.3, -0.25) is 4.90 Å². The standard InChI is InChI=1S/C19H24N2O/c1-20-12-14-21(15-13-20)18(16-8-4-2-5-9-16)19(22)17-10-6-3-7-11-17/h2-11,18-19,22H,12-15H2,1H3. The van der Waals surface area contributed by atoms with Crippen molar-refractivity contribution in [1.82, 2.24) is 9.80 Å². The van der Waals surface area contributed by atoms with Gasteiger partial charge >= 0.3 is 0 Å². The van der Waals surface area contributed by atoms with Crippen LogP contribution >= 0.6 is 0 Å². The number of nitrogens with zero attached hydrogens (tertiary/aromatic N) is 2. The van der Waals surface area contributed by atoms with Crippen molar-refractivity contribution in [2.45, 2.75) is 12.1 Å². The Morgan fingerprint density at radius 3 is 1.82 bits per heavy atom. The molecule has 0 saturated carbocycles. The van der Waals surface area contributed by atoms with Gasteiger partial charge < -0.3 is 10.0 Å². The fourth-order valence-corrected chi connectivity index (χ4v) is 3.18. The van der Waals surface area contributed by atoms with Gasteiger partial charge in [0.1, 0.15) is 0 Å². The average molecular weight is 296 g/mol. The zero-order valence-electron chi connectivity index (χ0n) is 13.1. The molecule has 116 valence electrons. The smallest absolute Gasteiger partial charge is 0.0986 e. The van der Waals surface area contributed by atoms with E-state index in [1.54, 1.807) is 0 Å². The zero-order valence-corrected chi connectivity index (χ0v) is 13.1. The first kappa shape index (κ1) is 15.2. The summed E-state index contributed by atoms with van der Waals surface area (Å²) in [6.07, 6.45) is -0.507. The molecule has 1 aliphatic heterocycles. The first-order valence-electron chi connectivity index (χ1n) is 7.96. The number of hydrogen-bond donors (Lipinski definition) is 1. The van der Waals surface area contributed by atoms with Crippen molar-refractivity contribution >= 4 is 0 Å². The normalized spacial score (nSPS) is 19.7. The quantitative estimate of drug-likeness (QED) is 0.940. The minimum Gasteiger partial charge on any atom is -0.386 e. The van der Waals surface area contributed by atoms with Crippen LogP contribution in [0.25, 0.3) is 0 Å². The fourth-order valence-electron chi connectivity index (χ4n) is 3.18. The lowest BCUT2D eigenvalue weighted by atomic mass is 9.94. The maximum atomic E-state index is 11.0. The molecule has 0 bridgehead atoms. The lowest BCUT2D eigenvalue weighted by Gasteiger charge is -2.40. The van der Waals surface area contributed by atoms with E-state index in [1.807, 2.05) is 36.4 Å². The van der Waals surface area contributed by atoms with Crippen LogP contribution in [0.2, 0.25) is 0 Å². The van der Waals surface area contributed by atoms with E-state index in [4.69, 9.17) is 0 Å². The second kappa shape index (κ2) is 7.05. The van der Waals surface area contributed by atoms with Crippen molar-refractivity contribution in [2.24, 2.45) is 0 Å². The van der Waals surface area contributed by atoms with Gasteiger partial charge in [-0.2, -0.15) is 0 Å². The molecule has 0 aromatic heterocycles. The van der Waals surface area contributed by atoms with Gasteiger partial charge in [-0.25, -0.2) is 0 Å². The second-order valence-corrected chi connectivity index (χ2v) is 6.05. The molecule has 2 atom stereocenters. The highest BCUT2D eigenvalue weighted by molar-refractivity contribution is 5.26. The van der Waals surface area contributed by atoms with Gasteiger partial charge in [-0.1, -0.05) is 60.7 Å². The van der Waals surface area contributed by atoms with Gasteiger partial charge in [0.15, 0.2) is 0 Å². The molecule has 0 aliphatic carbocycles. The van der Waals surface area contributed by atoms with E-state index in [-0.39, 0.29) is 6.04 Å². The highest BCUT2D eigenvalue weighted by Gasteiger charge is 2.30. The minimum atomic E-state index is -0.507. The summed E-state index contributed by atoms with van der Waals surface area (Å²) in [5, 5.41) is 11.0. The SMILES string of the molecule is CN1CCN(C(c2ccccc2)C(O)c2ccccc2)CC1. The molecular weight excluding hydrogens is 272 g/mol. The molecule has 2 aromatic rings.